The molecule has 0 aromatic carbocycles. The standard InChI is InChI=1S/C20H28N6O/c1-3-21-19(25-9-6-20(14-25)7-11-27-15-20)24-13-17-4-5-18(23-12-17)26-10-8-22-16(26)2/h4-5,8,10,12H,3,6-7,9,11,13-15H2,1-2H3,(H,21,24). The van der Waals surface area contributed by atoms with Gasteiger partial charge in [0.25, 0.3) is 0 Å². The predicted molar refractivity (Wildman–Crippen MR) is 105 cm³/mol. The maximum Gasteiger partial charge on any atom is 0.194 e. The number of nitrogens with one attached hydrogen (secondary N) is 1. The topological polar surface area (TPSA) is 67.6 Å². The first-order valence-electron chi connectivity index (χ1n) is 9.75. The maximum absolute atomic E-state index is 5.65. The van der Waals surface area contributed by atoms with Crippen molar-refractivity contribution >= 4 is 5.96 Å². The molecule has 1 N–H and O–H groups in total. The van der Waals surface area contributed by atoms with Gasteiger partial charge in [0.1, 0.15) is 11.6 Å². The lowest BCUT2D eigenvalue weighted by Gasteiger charge is -2.25. The molecule has 7 heteroatoms. The van der Waals surface area contributed by atoms with E-state index >= 15 is 0 Å². The van der Waals surface area contributed by atoms with E-state index in [0.717, 1.165) is 56.0 Å². The van der Waals surface area contributed by atoms with Gasteiger partial charge in [0.05, 0.1) is 13.2 Å². The zero-order chi connectivity index (χ0) is 18.7. The highest BCUT2D eigenvalue weighted by atomic mass is 16.5. The van der Waals surface area contributed by atoms with Crippen molar-refractivity contribution in [3.05, 3.63) is 42.1 Å². The Hall–Kier alpha value is -2.41. The van der Waals surface area contributed by atoms with Gasteiger partial charge in [0, 0.05) is 50.2 Å². The molecule has 2 fully saturated rings. The molecular formula is C20H28N6O. The van der Waals surface area contributed by atoms with Gasteiger partial charge in [-0.3, -0.25) is 4.57 Å². The Morgan fingerprint density at radius 1 is 1.33 bits per heavy atom. The number of guanidine groups is 1. The summed E-state index contributed by atoms with van der Waals surface area (Å²) in [6.45, 7) is 9.46. The third kappa shape index (κ3) is 3.83. The summed E-state index contributed by atoms with van der Waals surface area (Å²) in [5, 5.41) is 3.44. The lowest BCUT2D eigenvalue weighted by molar-refractivity contribution is 0.156. The van der Waals surface area contributed by atoms with Gasteiger partial charge in [-0.15, -0.1) is 0 Å². The lowest BCUT2D eigenvalue weighted by Crippen LogP contribution is -2.41. The number of nitrogens with zero attached hydrogens (tertiary/aromatic N) is 5. The SMILES string of the molecule is CCNC(=NCc1ccc(-n2ccnc2C)nc1)N1CCC2(CCOC2)C1. The van der Waals surface area contributed by atoms with E-state index in [-0.39, 0.29) is 0 Å². The summed E-state index contributed by atoms with van der Waals surface area (Å²) in [6.07, 6.45) is 7.98. The fourth-order valence-electron chi connectivity index (χ4n) is 3.95. The number of likely N-dealkylation sites (tertiary alicyclic amines) is 1. The number of aryl methyl sites for hydroxylation is 1. The van der Waals surface area contributed by atoms with E-state index < -0.39 is 0 Å². The first-order valence-corrected chi connectivity index (χ1v) is 9.75. The van der Waals surface area contributed by atoms with Crippen molar-refractivity contribution in [3.8, 4) is 5.82 Å². The van der Waals surface area contributed by atoms with Crippen molar-refractivity contribution in [2.24, 2.45) is 10.4 Å². The molecular weight excluding hydrogens is 340 g/mol. The van der Waals surface area contributed by atoms with Crippen molar-refractivity contribution < 1.29 is 4.74 Å². The largest absolute Gasteiger partial charge is 0.381 e. The molecule has 2 saturated heterocycles. The molecule has 1 atom stereocenters. The van der Waals surface area contributed by atoms with Crippen LogP contribution in [0.3, 0.4) is 0 Å². The molecule has 7 nitrogen and oxygen atoms in total. The smallest absolute Gasteiger partial charge is 0.194 e. The van der Waals surface area contributed by atoms with Gasteiger partial charge in [-0.1, -0.05) is 6.07 Å². The van der Waals surface area contributed by atoms with Crippen molar-refractivity contribution in [1.29, 1.82) is 0 Å². The second kappa shape index (κ2) is 7.68. The molecule has 2 aliphatic heterocycles. The van der Waals surface area contributed by atoms with Crippen LogP contribution in [0, 0.1) is 12.3 Å². The minimum atomic E-state index is 0.335. The average Bonchev–Trinajstić information content (AvgIpc) is 3.42. The van der Waals surface area contributed by atoms with Crippen LogP contribution in [0.4, 0.5) is 0 Å². The van der Waals surface area contributed by atoms with Crippen LogP contribution in [0.25, 0.3) is 5.82 Å². The zero-order valence-corrected chi connectivity index (χ0v) is 16.2. The Labute approximate surface area is 160 Å². The summed E-state index contributed by atoms with van der Waals surface area (Å²) >= 11 is 0. The Morgan fingerprint density at radius 2 is 2.26 bits per heavy atom. The summed E-state index contributed by atoms with van der Waals surface area (Å²) in [7, 11) is 0. The number of ether oxygens (including phenoxy) is 1. The Morgan fingerprint density at radius 3 is 2.93 bits per heavy atom. The molecule has 0 saturated carbocycles. The molecule has 2 aromatic rings. The van der Waals surface area contributed by atoms with Gasteiger partial charge in [-0.2, -0.15) is 0 Å². The van der Waals surface area contributed by atoms with Gasteiger partial charge in [-0.25, -0.2) is 15.0 Å². The maximum atomic E-state index is 5.65. The van der Waals surface area contributed by atoms with Gasteiger partial charge in [0.2, 0.25) is 0 Å². The molecule has 0 amide bonds. The fourth-order valence-corrected chi connectivity index (χ4v) is 3.95. The van der Waals surface area contributed by atoms with Crippen LogP contribution in [-0.2, 0) is 11.3 Å². The summed E-state index contributed by atoms with van der Waals surface area (Å²) in [5.41, 5.74) is 1.44. The Kier molecular flexibility index (Phi) is 5.11. The first kappa shape index (κ1) is 18.0. The van der Waals surface area contributed by atoms with Gasteiger partial charge >= 0.3 is 0 Å². The Balaban J connectivity index is 1.44. The van der Waals surface area contributed by atoms with Crippen LogP contribution in [0.1, 0.15) is 31.2 Å². The predicted octanol–water partition coefficient (Wildman–Crippen LogP) is 2.15. The minimum Gasteiger partial charge on any atom is -0.381 e. The second-order valence-electron chi connectivity index (χ2n) is 7.51. The van der Waals surface area contributed by atoms with E-state index in [1.165, 1.54) is 12.8 Å². The highest BCUT2D eigenvalue weighted by molar-refractivity contribution is 5.80. The normalized spacial score (nSPS) is 22.7. The van der Waals surface area contributed by atoms with Crippen LogP contribution in [0.5, 0.6) is 0 Å². The van der Waals surface area contributed by atoms with E-state index in [9.17, 15) is 0 Å². The number of aliphatic imine (C=N–C) groups is 1. The lowest BCUT2D eigenvalue weighted by atomic mass is 9.87. The number of hydrogen-bond donors (Lipinski definition) is 1. The molecule has 2 aromatic heterocycles. The van der Waals surface area contributed by atoms with Crippen molar-refractivity contribution in [3.63, 3.8) is 0 Å². The third-order valence-electron chi connectivity index (χ3n) is 5.55. The summed E-state index contributed by atoms with van der Waals surface area (Å²) in [4.78, 5) is 16.1. The van der Waals surface area contributed by atoms with Crippen LogP contribution >= 0.6 is 0 Å². The molecule has 144 valence electrons. The highest BCUT2D eigenvalue weighted by Gasteiger charge is 2.42. The average molecular weight is 368 g/mol. The van der Waals surface area contributed by atoms with Crippen LogP contribution in [0.2, 0.25) is 0 Å². The summed E-state index contributed by atoms with van der Waals surface area (Å²) < 4.78 is 7.62. The van der Waals surface area contributed by atoms with Crippen LogP contribution < -0.4 is 5.32 Å². The molecule has 4 heterocycles. The molecule has 0 radical (unpaired) electrons. The van der Waals surface area contributed by atoms with E-state index in [2.05, 4.69) is 33.2 Å². The zero-order valence-electron chi connectivity index (χ0n) is 16.2. The fraction of sp³-hybridized carbons (Fsp3) is 0.550. The number of hydrogen-bond acceptors (Lipinski definition) is 4. The number of aromatic nitrogens is 3. The second-order valence-corrected chi connectivity index (χ2v) is 7.51. The third-order valence-corrected chi connectivity index (χ3v) is 5.55. The van der Waals surface area contributed by atoms with Crippen molar-refractivity contribution in [1.82, 2.24) is 24.8 Å². The molecule has 4 rings (SSSR count). The van der Waals surface area contributed by atoms with E-state index in [1.54, 1.807) is 6.20 Å². The highest BCUT2D eigenvalue weighted by Crippen LogP contribution is 2.38. The van der Waals surface area contributed by atoms with Crippen molar-refractivity contribution in [2.45, 2.75) is 33.2 Å². The molecule has 27 heavy (non-hydrogen) atoms. The van der Waals surface area contributed by atoms with E-state index in [0.29, 0.717) is 12.0 Å². The van der Waals surface area contributed by atoms with E-state index in [1.807, 2.05) is 30.0 Å². The van der Waals surface area contributed by atoms with Crippen LogP contribution in [0.15, 0.2) is 35.7 Å². The molecule has 0 aliphatic carbocycles. The summed E-state index contributed by atoms with van der Waals surface area (Å²) in [6, 6.07) is 4.11. The monoisotopic (exact) mass is 368 g/mol. The van der Waals surface area contributed by atoms with Gasteiger partial charge < -0.3 is 15.0 Å². The molecule has 1 unspecified atom stereocenters. The minimum absolute atomic E-state index is 0.335. The Bertz CT molecular complexity index is 791. The van der Waals surface area contributed by atoms with E-state index in [4.69, 9.17) is 9.73 Å². The first-order chi connectivity index (χ1) is 13.2. The molecule has 1 spiro atoms. The number of rotatable bonds is 4. The summed E-state index contributed by atoms with van der Waals surface area (Å²) in [5.74, 6) is 2.81. The van der Waals surface area contributed by atoms with Crippen LogP contribution in [-0.4, -0.2) is 58.2 Å². The quantitative estimate of drug-likeness (QED) is 0.662. The van der Waals surface area contributed by atoms with Gasteiger partial charge in [0.15, 0.2) is 5.96 Å². The van der Waals surface area contributed by atoms with Gasteiger partial charge in [-0.05, 0) is 38.3 Å². The number of imidazole rings is 1. The number of pyridine rings is 1. The van der Waals surface area contributed by atoms with Crippen molar-refractivity contribution in [2.75, 3.05) is 32.8 Å². The molecule has 2 aliphatic rings. The molecule has 0 bridgehead atoms.